The molecule has 2 heterocycles. The van der Waals surface area contributed by atoms with E-state index in [0.29, 0.717) is 16.9 Å². The van der Waals surface area contributed by atoms with Gasteiger partial charge in [-0.1, -0.05) is 18.2 Å². The number of thiophene rings is 1. The molecule has 33 heavy (non-hydrogen) atoms. The fourth-order valence-corrected chi connectivity index (χ4v) is 4.65. The zero-order valence-electron chi connectivity index (χ0n) is 18.5. The van der Waals surface area contributed by atoms with Gasteiger partial charge in [-0.05, 0) is 73.7 Å². The molecule has 0 aliphatic carbocycles. The molecular formula is C26H24FNO4S. The van der Waals surface area contributed by atoms with Crippen LogP contribution in [0.25, 0.3) is 5.76 Å². The average molecular weight is 466 g/mol. The first kappa shape index (κ1) is 22.7. The number of ether oxygens (including phenoxy) is 1. The van der Waals surface area contributed by atoms with Crippen molar-refractivity contribution in [1.29, 1.82) is 0 Å². The van der Waals surface area contributed by atoms with Gasteiger partial charge in [0.1, 0.15) is 17.3 Å². The topological polar surface area (TPSA) is 66.8 Å². The molecule has 1 fully saturated rings. The maximum absolute atomic E-state index is 13.6. The van der Waals surface area contributed by atoms with Gasteiger partial charge in [-0.25, -0.2) is 4.39 Å². The van der Waals surface area contributed by atoms with E-state index in [-0.39, 0.29) is 24.0 Å². The van der Waals surface area contributed by atoms with E-state index >= 15 is 0 Å². The summed E-state index contributed by atoms with van der Waals surface area (Å²) in [6.07, 6.45) is -0.0100. The molecule has 1 atom stereocenters. The number of aliphatic hydroxyl groups excluding tert-OH is 1. The molecule has 0 spiro atoms. The summed E-state index contributed by atoms with van der Waals surface area (Å²) in [5, 5.41) is 13.1. The van der Waals surface area contributed by atoms with Crippen molar-refractivity contribution >= 4 is 28.8 Å². The molecule has 1 aliphatic heterocycles. The minimum atomic E-state index is -0.834. The Labute approximate surface area is 195 Å². The highest BCUT2D eigenvalue weighted by molar-refractivity contribution is 7.09. The van der Waals surface area contributed by atoms with Gasteiger partial charge in [-0.15, -0.1) is 11.3 Å². The number of benzene rings is 2. The molecule has 5 nitrogen and oxygen atoms in total. The number of carbonyl (C=O) groups is 2. The Morgan fingerprint density at radius 2 is 1.88 bits per heavy atom. The number of nitrogens with zero attached hydrogens (tertiary/aromatic N) is 1. The van der Waals surface area contributed by atoms with E-state index in [9.17, 15) is 19.1 Å². The summed E-state index contributed by atoms with van der Waals surface area (Å²) in [6, 6.07) is 13.7. The molecule has 1 unspecified atom stereocenters. The number of aryl methyl sites for hydroxylation is 1. The van der Waals surface area contributed by atoms with Crippen molar-refractivity contribution < 1.29 is 23.8 Å². The lowest BCUT2D eigenvalue weighted by Gasteiger charge is -2.25. The summed E-state index contributed by atoms with van der Waals surface area (Å²) in [7, 11) is 0. The number of likely N-dealkylation sites (tertiary alicyclic amines) is 1. The van der Waals surface area contributed by atoms with Crippen molar-refractivity contribution in [2.45, 2.75) is 39.5 Å². The monoisotopic (exact) mass is 465 g/mol. The van der Waals surface area contributed by atoms with Crippen LogP contribution >= 0.6 is 11.3 Å². The Morgan fingerprint density at radius 1 is 1.15 bits per heavy atom. The van der Waals surface area contributed by atoms with Gasteiger partial charge in [0, 0.05) is 10.4 Å². The third kappa shape index (κ3) is 4.54. The summed E-state index contributed by atoms with van der Waals surface area (Å²) in [5.41, 5.74) is 1.73. The van der Waals surface area contributed by atoms with Crippen molar-refractivity contribution in [3.63, 3.8) is 0 Å². The number of hydrogen-bond donors (Lipinski definition) is 1. The summed E-state index contributed by atoms with van der Waals surface area (Å²) in [5.74, 6) is -1.48. The molecule has 1 saturated heterocycles. The van der Waals surface area contributed by atoms with Crippen LogP contribution in [0, 0.1) is 12.7 Å². The van der Waals surface area contributed by atoms with Crippen LogP contribution in [0.1, 0.15) is 41.5 Å². The number of halogens is 1. The maximum Gasteiger partial charge on any atom is 0.295 e. The summed E-state index contributed by atoms with van der Waals surface area (Å²) in [4.78, 5) is 28.4. The Kier molecular flexibility index (Phi) is 6.33. The molecule has 1 aromatic heterocycles. The molecule has 4 rings (SSSR count). The number of ketones is 1. The second-order valence-corrected chi connectivity index (χ2v) is 9.24. The van der Waals surface area contributed by atoms with Crippen LogP contribution in [0.4, 0.5) is 4.39 Å². The van der Waals surface area contributed by atoms with Crippen molar-refractivity contribution in [1.82, 2.24) is 4.90 Å². The fraction of sp³-hybridized carbons (Fsp3) is 0.231. The van der Waals surface area contributed by atoms with Crippen LogP contribution < -0.4 is 4.74 Å². The van der Waals surface area contributed by atoms with Gasteiger partial charge in [0.15, 0.2) is 0 Å². The van der Waals surface area contributed by atoms with Gasteiger partial charge in [-0.3, -0.25) is 9.59 Å². The first-order valence-corrected chi connectivity index (χ1v) is 11.5. The molecule has 2 aromatic carbocycles. The van der Waals surface area contributed by atoms with E-state index in [2.05, 4.69) is 0 Å². The van der Waals surface area contributed by atoms with Gasteiger partial charge in [-0.2, -0.15) is 0 Å². The molecule has 7 heteroatoms. The third-order valence-corrected chi connectivity index (χ3v) is 6.30. The maximum atomic E-state index is 13.6. The SMILES string of the molecule is Cc1cc(/C(O)=C2/C(=O)C(=O)N(Cc3cccs3)C2c2ccc(F)cc2)ccc1OC(C)C. The highest BCUT2D eigenvalue weighted by Gasteiger charge is 2.46. The van der Waals surface area contributed by atoms with E-state index in [4.69, 9.17) is 4.74 Å². The Hall–Kier alpha value is -3.45. The predicted octanol–water partition coefficient (Wildman–Crippen LogP) is 5.60. The zero-order valence-corrected chi connectivity index (χ0v) is 19.4. The van der Waals surface area contributed by atoms with Gasteiger partial charge >= 0.3 is 0 Å². The number of hydrogen-bond acceptors (Lipinski definition) is 5. The predicted molar refractivity (Wildman–Crippen MR) is 126 cm³/mol. The minimum Gasteiger partial charge on any atom is -0.507 e. The number of aliphatic hydroxyl groups is 1. The van der Waals surface area contributed by atoms with Crippen LogP contribution in [0.3, 0.4) is 0 Å². The van der Waals surface area contributed by atoms with E-state index < -0.39 is 23.5 Å². The number of carbonyl (C=O) groups excluding carboxylic acids is 2. The lowest BCUT2D eigenvalue weighted by Crippen LogP contribution is -2.28. The Morgan fingerprint density at radius 3 is 2.48 bits per heavy atom. The Bertz CT molecular complexity index is 1220. The lowest BCUT2D eigenvalue weighted by atomic mass is 9.94. The van der Waals surface area contributed by atoms with Crippen molar-refractivity contribution in [2.24, 2.45) is 0 Å². The largest absolute Gasteiger partial charge is 0.507 e. The first-order chi connectivity index (χ1) is 15.8. The zero-order chi connectivity index (χ0) is 23.7. The first-order valence-electron chi connectivity index (χ1n) is 10.6. The lowest BCUT2D eigenvalue weighted by molar-refractivity contribution is -0.140. The molecular weight excluding hydrogens is 441 g/mol. The van der Waals surface area contributed by atoms with Crippen molar-refractivity contribution in [2.75, 3.05) is 0 Å². The van der Waals surface area contributed by atoms with Gasteiger partial charge in [0.25, 0.3) is 11.7 Å². The minimum absolute atomic E-state index is 0.0100. The van der Waals surface area contributed by atoms with Crippen LogP contribution in [0.5, 0.6) is 5.75 Å². The number of amides is 1. The third-order valence-electron chi connectivity index (χ3n) is 5.44. The summed E-state index contributed by atoms with van der Waals surface area (Å²) < 4.78 is 19.4. The van der Waals surface area contributed by atoms with Crippen LogP contribution in [-0.2, 0) is 16.1 Å². The molecule has 1 amide bonds. The summed E-state index contributed by atoms with van der Waals surface area (Å²) >= 11 is 1.47. The van der Waals surface area contributed by atoms with Gasteiger partial charge in [0.05, 0.1) is 24.3 Å². The van der Waals surface area contributed by atoms with Gasteiger partial charge < -0.3 is 14.7 Å². The second kappa shape index (κ2) is 9.19. The smallest absolute Gasteiger partial charge is 0.295 e. The quantitative estimate of drug-likeness (QED) is 0.292. The van der Waals surface area contributed by atoms with E-state index in [1.54, 1.807) is 18.2 Å². The fourth-order valence-electron chi connectivity index (χ4n) is 3.94. The number of Topliss-reactive ketones (excluding diaryl/α,β-unsaturated/α-hetero) is 1. The number of rotatable bonds is 6. The van der Waals surface area contributed by atoms with Crippen molar-refractivity contribution in [3.8, 4) is 5.75 Å². The van der Waals surface area contributed by atoms with Gasteiger partial charge in [0.2, 0.25) is 0 Å². The van der Waals surface area contributed by atoms with Crippen LogP contribution in [0.2, 0.25) is 0 Å². The average Bonchev–Trinajstić information content (AvgIpc) is 3.37. The van der Waals surface area contributed by atoms with Crippen molar-refractivity contribution in [3.05, 3.63) is 92.9 Å². The standard InChI is InChI=1S/C26H24FNO4S/c1-15(2)32-21-11-8-18(13-16(21)3)24(29)22-23(17-6-9-19(27)10-7-17)28(26(31)25(22)30)14-20-5-4-12-33-20/h4-13,15,23,29H,14H2,1-3H3/b24-22-. The van der Waals surface area contributed by atoms with E-state index in [1.165, 1.54) is 40.5 Å². The molecule has 0 saturated carbocycles. The molecule has 0 radical (unpaired) electrons. The Balaban J connectivity index is 1.82. The molecule has 0 bridgehead atoms. The second-order valence-electron chi connectivity index (χ2n) is 8.20. The van der Waals surface area contributed by atoms with E-state index in [1.807, 2.05) is 38.3 Å². The molecule has 170 valence electrons. The summed E-state index contributed by atoms with van der Waals surface area (Å²) in [6.45, 7) is 5.90. The normalized spacial score (nSPS) is 17.7. The highest BCUT2D eigenvalue weighted by atomic mass is 32.1. The van der Waals surface area contributed by atoms with Crippen LogP contribution in [0.15, 0.2) is 65.6 Å². The molecule has 3 aromatic rings. The van der Waals surface area contributed by atoms with E-state index in [0.717, 1.165) is 10.4 Å². The molecule has 1 N–H and O–H groups in total. The van der Waals surface area contributed by atoms with Crippen LogP contribution in [-0.4, -0.2) is 27.8 Å². The molecule has 1 aliphatic rings. The highest BCUT2D eigenvalue weighted by Crippen LogP contribution is 2.41.